The predicted molar refractivity (Wildman–Crippen MR) is 147 cm³/mol. The topological polar surface area (TPSA) is 71.0 Å². The van der Waals surface area contributed by atoms with Crippen LogP contribution in [0.5, 0.6) is 5.75 Å². The number of hydrogen-bond acceptors (Lipinski definition) is 5. The standard InChI is InChI=1S/C29H29N3O3S/c1-4-21(3)32-28(34)26(36-29(32)31-24-14-10-20(2)11-15-24)18-22-12-16-25(17-13-22)35-19-27(33)30-23-8-6-5-7-9-23/h5-18,21H,4,19H2,1-3H3,(H,30,33)/b26-18+,31-29?/t21-/m1/s1. The number of amides is 2. The molecule has 184 valence electrons. The number of aliphatic imine (C=N–C) groups is 1. The van der Waals surface area contributed by atoms with Gasteiger partial charge in [0.2, 0.25) is 0 Å². The van der Waals surface area contributed by atoms with E-state index in [2.05, 4.69) is 12.2 Å². The number of para-hydroxylation sites is 1. The Morgan fingerprint density at radius 1 is 1.06 bits per heavy atom. The number of benzene rings is 3. The van der Waals surface area contributed by atoms with Gasteiger partial charge in [0.25, 0.3) is 11.8 Å². The average molecular weight is 500 g/mol. The minimum Gasteiger partial charge on any atom is -0.484 e. The number of nitrogens with one attached hydrogen (secondary N) is 1. The molecule has 3 aromatic rings. The summed E-state index contributed by atoms with van der Waals surface area (Å²) in [6, 6.07) is 24.6. The van der Waals surface area contributed by atoms with Gasteiger partial charge in [0.15, 0.2) is 11.8 Å². The largest absolute Gasteiger partial charge is 0.484 e. The van der Waals surface area contributed by atoms with Crippen molar-refractivity contribution in [2.24, 2.45) is 4.99 Å². The van der Waals surface area contributed by atoms with Crippen LogP contribution in [0.15, 0.2) is 88.8 Å². The zero-order valence-corrected chi connectivity index (χ0v) is 21.4. The molecule has 1 saturated heterocycles. The lowest BCUT2D eigenvalue weighted by Crippen LogP contribution is -2.36. The third-order valence-corrected chi connectivity index (χ3v) is 6.72. The summed E-state index contributed by atoms with van der Waals surface area (Å²) in [5.41, 5.74) is 3.58. The Kier molecular flexibility index (Phi) is 8.23. The van der Waals surface area contributed by atoms with Crippen LogP contribution in [-0.2, 0) is 9.59 Å². The Balaban J connectivity index is 1.44. The van der Waals surface area contributed by atoms with Crippen LogP contribution < -0.4 is 10.1 Å². The molecule has 0 bridgehead atoms. The molecule has 0 radical (unpaired) electrons. The molecule has 1 aliphatic heterocycles. The van der Waals surface area contributed by atoms with Crippen LogP contribution in [-0.4, -0.2) is 34.5 Å². The van der Waals surface area contributed by atoms with Gasteiger partial charge in [-0.25, -0.2) is 4.99 Å². The van der Waals surface area contributed by atoms with Gasteiger partial charge in [-0.05, 0) is 80.1 Å². The second kappa shape index (κ2) is 11.7. The molecule has 1 atom stereocenters. The number of amidine groups is 1. The van der Waals surface area contributed by atoms with E-state index < -0.39 is 0 Å². The number of carbonyl (C=O) groups is 2. The van der Waals surface area contributed by atoms with Crippen LogP contribution >= 0.6 is 11.8 Å². The maximum atomic E-state index is 13.2. The van der Waals surface area contributed by atoms with Crippen molar-refractivity contribution in [2.75, 3.05) is 11.9 Å². The molecule has 0 aliphatic carbocycles. The Labute approximate surface area is 216 Å². The molecule has 2 amide bonds. The highest BCUT2D eigenvalue weighted by Gasteiger charge is 2.36. The van der Waals surface area contributed by atoms with Crippen LogP contribution in [0.4, 0.5) is 11.4 Å². The SMILES string of the molecule is CC[C@@H](C)N1C(=O)/C(=C\c2ccc(OCC(=O)Nc3ccccc3)cc2)SC1=Nc1ccc(C)cc1. The predicted octanol–water partition coefficient (Wildman–Crippen LogP) is 6.42. The maximum Gasteiger partial charge on any atom is 0.266 e. The molecule has 0 aromatic heterocycles. The molecule has 1 fully saturated rings. The number of anilines is 1. The molecular weight excluding hydrogens is 470 g/mol. The molecule has 0 spiro atoms. The van der Waals surface area contributed by atoms with Crippen LogP contribution in [0, 0.1) is 6.92 Å². The first-order chi connectivity index (χ1) is 17.4. The zero-order chi connectivity index (χ0) is 25.5. The summed E-state index contributed by atoms with van der Waals surface area (Å²) >= 11 is 1.39. The molecule has 1 heterocycles. The number of rotatable bonds is 8. The van der Waals surface area contributed by atoms with Crippen molar-refractivity contribution in [1.82, 2.24) is 4.90 Å². The Bertz CT molecular complexity index is 1270. The molecule has 3 aromatic carbocycles. The summed E-state index contributed by atoms with van der Waals surface area (Å²) < 4.78 is 5.61. The molecule has 0 saturated carbocycles. The van der Waals surface area contributed by atoms with Crippen LogP contribution in [0.2, 0.25) is 0 Å². The van der Waals surface area contributed by atoms with E-state index in [1.807, 2.05) is 86.7 Å². The number of nitrogens with zero attached hydrogens (tertiary/aromatic N) is 2. The Morgan fingerprint density at radius 3 is 2.42 bits per heavy atom. The second-order valence-corrected chi connectivity index (χ2v) is 9.55. The first kappa shape index (κ1) is 25.3. The van der Waals surface area contributed by atoms with Gasteiger partial charge in [-0.2, -0.15) is 0 Å². The maximum absolute atomic E-state index is 13.2. The van der Waals surface area contributed by atoms with Crippen molar-refractivity contribution in [3.8, 4) is 5.75 Å². The van der Waals surface area contributed by atoms with Crippen molar-refractivity contribution >= 4 is 46.2 Å². The van der Waals surface area contributed by atoms with Crippen LogP contribution in [0.25, 0.3) is 6.08 Å². The quantitative estimate of drug-likeness (QED) is 0.363. The normalized spacial score (nSPS) is 16.4. The summed E-state index contributed by atoms with van der Waals surface area (Å²) in [5, 5.41) is 3.48. The summed E-state index contributed by atoms with van der Waals surface area (Å²) in [7, 11) is 0. The highest BCUT2D eigenvalue weighted by molar-refractivity contribution is 8.18. The fourth-order valence-electron chi connectivity index (χ4n) is 3.54. The van der Waals surface area contributed by atoms with Gasteiger partial charge >= 0.3 is 0 Å². The average Bonchev–Trinajstić information content (AvgIpc) is 3.19. The van der Waals surface area contributed by atoms with E-state index in [9.17, 15) is 9.59 Å². The highest BCUT2D eigenvalue weighted by Crippen LogP contribution is 2.36. The molecule has 6 nitrogen and oxygen atoms in total. The van der Waals surface area contributed by atoms with E-state index in [1.165, 1.54) is 11.8 Å². The molecule has 4 rings (SSSR count). The molecule has 7 heteroatoms. The summed E-state index contributed by atoms with van der Waals surface area (Å²) in [4.78, 5) is 32.5. The lowest BCUT2D eigenvalue weighted by atomic mass is 10.2. The van der Waals surface area contributed by atoms with Crippen molar-refractivity contribution < 1.29 is 14.3 Å². The van der Waals surface area contributed by atoms with E-state index in [4.69, 9.17) is 9.73 Å². The summed E-state index contributed by atoms with van der Waals surface area (Å²) in [5.74, 6) is 0.303. The van der Waals surface area contributed by atoms with E-state index in [0.717, 1.165) is 28.9 Å². The van der Waals surface area contributed by atoms with Gasteiger partial charge in [-0.1, -0.05) is 55.0 Å². The molecular formula is C29H29N3O3S. The van der Waals surface area contributed by atoms with Crippen molar-refractivity contribution in [3.05, 3.63) is 94.9 Å². The molecule has 1 N–H and O–H groups in total. The van der Waals surface area contributed by atoms with Gasteiger partial charge < -0.3 is 10.1 Å². The van der Waals surface area contributed by atoms with Crippen molar-refractivity contribution in [2.45, 2.75) is 33.2 Å². The first-order valence-electron chi connectivity index (χ1n) is 11.9. The third-order valence-electron chi connectivity index (χ3n) is 5.73. The molecule has 0 unspecified atom stereocenters. The van der Waals surface area contributed by atoms with Crippen molar-refractivity contribution in [3.63, 3.8) is 0 Å². The minimum atomic E-state index is -0.231. The first-order valence-corrected chi connectivity index (χ1v) is 12.7. The summed E-state index contributed by atoms with van der Waals surface area (Å²) in [6.45, 7) is 6.04. The highest BCUT2D eigenvalue weighted by atomic mass is 32.2. The fourth-order valence-corrected chi connectivity index (χ4v) is 4.63. The van der Waals surface area contributed by atoms with Crippen LogP contribution in [0.3, 0.4) is 0 Å². The van der Waals surface area contributed by atoms with Gasteiger partial charge in [0.1, 0.15) is 5.75 Å². The minimum absolute atomic E-state index is 0.0397. The second-order valence-electron chi connectivity index (χ2n) is 8.54. The van der Waals surface area contributed by atoms with Gasteiger partial charge in [-0.15, -0.1) is 0 Å². The lowest BCUT2D eigenvalue weighted by Gasteiger charge is -2.22. The fraction of sp³-hybridized carbons (Fsp3) is 0.207. The van der Waals surface area contributed by atoms with Gasteiger partial charge in [0.05, 0.1) is 10.6 Å². The van der Waals surface area contributed by atoms with Crippen LogP contribution in [0.1, 0.15) is 31.4 Å². The van der Waals surface area contributed by atoms with Gasteiger partial charge in [0, 0.05) is 11.7 Å². The molecule has 36 heavy (non-hydrogen) atoms. The third kappa shape index (κ3) is 6.43. The number of aryl methyl sites for hydroxylation is 1. The van der Waals surface area contributed by atoms with E-state index in [-0.39, 0.29) is 24.5 Å². The zero-order valence-electron chi connectivity index (χ0n) is 20.6. The van der Waals surface area contributed by atoms with E-state index >= 15 is 0 Å². The number of thioether (sulfide) groups is 1. The lowest BCUT2D eigenvalue weighted by molar-refractivity contribution is -0.123. The van der Waals surface area contributed by atoms with Gasteiger partial charge in [-0.3, -0.25) is 14.5 Å². The number of carbonyl (C=O) groups excluding carboxylic acids is 2. The number of ether oxygens (including phenoxy) is 1. The van der Waals surface area contributed by atoms with Crippen molar-refractivity contribution in [1.29, 1.82) is 0 Å². The Morgan fingerprint density at radius 2 is 1.75 bits per heavy atom. The monoisotopic (exact) mass is 499 g/mol. The molecule has 1 aliphatic rings. The van der Waals surface area contributed by atoms with E-state index in [1.54, 1.807) is 17.0 Å². The van der Waals surface area contributed by atoms with E-state index in [0.29, 0.717) is 15.8 Å². The summed E-state index contributed by atoms with van der Waals surface area (Å²) in [6.07, 6.45) is 2.70. The Hall–Kier alpha value is -3.84. The number of hydrogen-bond donors (Lipinski definition) is 1. The smallest absolute Gasteiger partial charge is 0.266 e.